The van der Waals surface area contributed by atoms with E-state index in [4.69, 9.17) is 0 Å². The fourth-order valence-electron chi connectivity index (χ4n) is 1.30. The molecule has 0 bridgehead atoms. The predicted octanol–water partition coefficient (Wildman–Crippen LogP) is 1.02. The molecule has 3 nitrogen and oxygen atoms in total. The maximum atomic E-state index is 4.24. The highest BCUT2D eigenvalue weighted by atomic mass is 15.3. The molecule has 0 fully saturated rings. The first-order valence-corrected chi connectivity index (χ1v) is 3.71. The first-order chi connectivity index (χ1) is 5.29. The Balaban J connectivity index is 2.34. The van der Waals surface area contributed by atoms with Gasteiger partial charge < -0.3 is 10.2 Å². The molecular weight excluding hydrogens is 138 g/mol. The molecule has 0 aliphatic carbocycles. The lowest BCUT2D eigenvalue weighted by Gasteiger charge is -2.26. The van der Waals surface area contributed by atoms with Crippen molar-refractivity contribution in [1.82, 2.24) is 10.2 Å². The zero-order chi connectivity index (χ0) is 7.84. The zero-order valence-corrected chi connectivity index (χ0v) is 6.70. The van der Waals surface area contributed by atoms with Crippen molar-refractivity contribution >= 4 is 6.34 Å². The minimum atomic E-state index is 0.312. The van der Waals surface area contributed by atoms with E-state index < -0.39 is 0 Å². The van der Waals surface area contributed by atoms with Crippen molar-refractivity contribution in [3.05, 3.63) is 23.7 Å². The van der Waals surface area contributed by atoms with Crippen LogP contribution in [0.2, 0.25) is 0 Å². The third-order valence-electron chi connectivity index (χ3n) is 2.16. The SMILES string of the molecule is CC1=C(C)C2NC=CN2C=N1. The van der Waals surface area contributed by atoms with E-state index in [1.54, 1.807) is 0 Å². The predicted molar refractivity (Wildman–Crippen MR) is 44.8 cm³/mol. The maximum absolute atomic E-state index is 4.24. The van der Waals surface area contributed by atoms with Crippen LogP contribution in [0.3, 0.4) is 0 Å². The van der Waals surface area contributed by atoms with Gasteiger partial charge in [-0.15, -0.1) is 0 Å². The molecule has 2 aliphatic heterocycles. The summed E-state index contributed by atoms with van der Waals surface area (Å²) in [5, 5.41) is 3.23. The molecule has 0 saturated heterocycles. The van der Waals surface area contributed by atoms with Crippen LogP contribution in [0.15, 0.2) is 28.7 Å². The second-order valence-electron chi connectivity index (χ2n) is 2.85. The Bertz CT molecular complexity index is 263. The summed E-state index contributed by atoms with van der Waals surface area (Å²) in [6.07, 6.45) is 6.10. The van der Waals surface area contributed by atoms with Gasteiger partial charge in [-0.25, -0.2) is 4.99 Å². The van der Waals surface area contributed by atoms with E-state index in [1.165, 1.54) is 5.57 Å². The molecule has 0 saturated carbocycles. The van der Waals surface area contributed by atoms with Crippen LogP contribution in [0, 0.1) is 0 Å². The molecule has 1 atom stereocenters. The van der Waals surface area contributed by atoms with Crippen LogP contribution in [0.25, 0.3) is 0 Å². The molecule has 2 rings (SSSR count). The molecule has 0 spiro atoms. The van der Waals surface area contributed by atoms with Crippen molar-refractivity contribution in [3.63, 3.8) is 0 Å². The highest BCUT2D eigenvalue weighted by Crippen LogP contribution is 2.19. The van der Waals surface area contributed by atoms with Gasteiger partial charge in [-0.1, -0.05) is 0 Å². The van der Waals surface area contributed by atoms with E-state index in [9.17, 15) is 0 Å². The zero-order valence-electron chi connectivity index (χ0n) is 6.70. The van der Waals surface area contributed by atoms with Gasteiger partial charge in [0.1, 0.15) is 6.17 Å². The molecule has 58 valence electrons. The van der Waals surface area contributed by atoms with Gasteiger partial charge in [0.15, 0.2) is 0 Å². The largest absolute Gasteiger partial charge is 0.366 e. The van der Waals surface area contributed by atoms with Crippen molar-refractivity contribution in [2.24, 2.45) is 4.99 Å². The fourth-order valence-corrected chi connectivity index (χ4v) is 1.30. The number of fused-ring (bicyclic) bond motifs is 1. The second-order valence-corrected chi connectivity index (χ2v) is 2.85. The lowest BCUT2D eigenvalue weighted by Crippen LogP contribution is -2.37. The minimum Gasteiger partial charge on any atom is -0.366 e. The van der Waals surface area contributed by atoms with Crippen molar-refractivity contribution < 1.29 is 0 Å². The molecule has 1 unspecified atom stereocenters. The molecule has 2 aliphatic rings. The van der Waals surface area contributed by atoms with Crippen LogP contribution in [-0.4, -0.2) is 17.4 Å². The van der Waals surface area contributed by atoms with E-state index in [1.807, 2.05) is 25.7 Å². The quantitative estimate of drug-likeness (QED) is 0.557. The van der Waals surface area contributed by atoms with Gasteiger partial charge in [-0.3, -0.25) is 0 Å². The fraction of sp³-hybridized carbons (Fsp3) is 0.375. The van der Waals surface area contributed by atoms with E-state index in [0.29, 0.717) is 6.17 Å². The molecule has 1 N–H and O–H groups in total. The van der Waals surface area contributed by atoms with Crippen LogP contribution in [0.5, 0.6) is 0 Å². The smallest absolute Gasteiger partial charge is 0.128 e. The second kappa shape index (κ2) is 2.12. The van der Waals surface area contributed by atoms with Gasteiger partial charge in [0.25, 0.3) is 0 Å². The van der Waals surface area contributed by atoms with Crippen LogP contribution >= 0.6 is 0 Å². The Morgan fingerprint density at radius 3 is 3.18 bits per heavy atom. The first-order valence-electron chi connectivity index (χ1n) is 3.71. The molecule has 0 aromatic carbocycles. The van der Waals surface area contributed by atoms with Gasteiger partial charge in [-0.05, 0) is 19.4 Å². The van der Waals surface area contributed by atoms with Crippen molar-refractivity contribution in [2.75, 3.05) is 0 Å². The summed E-state index contributed by atoms with van der Waals surface area (Å²) >= 11 is 0. The van der Waals surface area contributed by atoms with E-state index in [2.05, 4.69) is 22.1 Å². The van der Waals surface area contributed by atoms with Crippen LogP contribution in [0.1, 0.15) is 13.8 Å². The van der Waals surface area contributed by atoms with Crippen LogP contribution in [-0.2, 0) is 0 Å². The first kappa shape index (κ1) is 6.46. The minimum absolute atomic E-state index is 0.312. The van der Waals surface area contributed by atoms with Gasteiger partial charge in [0, 0.05) is 18.1 Å². The average Bonchev–Trinajstić information content (AvgIpc) is 2.45. The number of aliphatic imine (C=N–C) groups is 1. The lowest BCUT2D eigenvalue weighted by molar-refractivity contribution is 0.449. The maximum Gasteiger partial charge on any atom is 0.128 e. The molecule has 0 amide bonds. The molecular formula is C8H11N3. The number of hydrogen-bond acceptors (Lipinski definition) is 3. The van der Waals surface area contributed by atoms with Crippen LogP contribution < -0.4 is 5.32 Å². The number of allylic oxidation sites excluding steroid dienone is 1. The Kier molecular flexibility index (Phi) is 1.24. The highest BCUT2D eigenvalue weighted by molar-refractivity contribution is 5.62. The summed E-state index contributed by atoms with van der Waals surface area (Å²) in [6, 6.07) is 0. The van der Waals surface area contributed by atoms with Gasteiger partial charge in [0.2, 0.25) is 0 Å². The summed E-state index contributed by atoms with van der Waals surface area (Å²) in [5.41, 5.74) is 2.40. The van der Waals surface area contributed by atoms with E-state index in [-0.39, 0.29) is 0 Å². The van der Waals surface area contributed by atoms with Crippen molar-refractivity contribution in [3.8, 4) is 0 Å². The Morgan fingerprint density at radius 2 is 2.36 bits per heavy atom. The molecule has 3 heteroatoms. The highest BCUT2D eigenvalue weighted by Gasteiger charge is 2.22. The van der Waals surface area contributed by atoms with Gasteiger partial charge >= 0.3 is 0 Å². The number of nitrogens with zero attached hydrogens (tertiary/aromatic N) is 2. The normalized spacial score (nSPS) is 27.5. The number of hydrogen-bond donors (Lipinski definition) is 1. The number of rotatable bonds is 0. The van der Waals surface area contributed by atoms with Crippen molar-refractivity contribution in [2.45, 2.75) is 20.0 Å². The average molecular weight is 149 g/mol. The standard InChI is InChI=1S/C8H11N3/c1-6-7(2)10-5-11-4-3-9-8(6)11/h3-5,8-9H,1-2H3. The third-order valence-corrected chi connectivity index (χ3v) is 2.16. The molecule has 2 heterocycles. The summed E-state index contributed by atoms with van der Waals surface area (Å²) in [6.45, 7) is 4.13. The topological polar surface area (TPSA) is 27.6 Å². The van der Waals surface area contributed by atoms with E-state index in [0.717, 1.165) is 5.70 Å². The molecule has 11 heavy (non-hydrogen) atoms. The third kappa shape index (κ3) is 0.843. The lowest BCUT2D eigenvalue weighted by atomic mass is 10.1. The Hall–Kier alpha value is -1.25. The molecule has 0 radical (unpaired) electrons. The summed E-state index contributed by atoms with van der Waals surface area (Å²) in [5.74, 6) is 0. The van der Waals surface area contributed by atoms with Gasteiger partial charge in [0.05, 0.1) is 6.34 Å². The Morgan fingerprint density at radius 1 is 1.55 bits per heavy atom. The summed E-state index contributed by atoms with van der Waals surface area (Å²) in [7, 11) is 0. The molecule has 0 aromatic heterocycles. The van der Waals surface area contributed by atoms with E-state index >= 15 is 0 Å². The van der Waals surface area contributed by atoms with Crippen LogP contribution in [0.4, 0.5) is 0 Å². The Labute approximate surface area is 66.1 Å². The number of nitrogens with one attached hydrogen (secondary N) is 1. The monoisotopic (exact) mass is 149 g/mol. The summed E-state index contributed by atoms with van der Waals surface area (Å²) in [4.78, 5) is 6.30. The molecule has 0 aromatic rings. The van der Waals surface area contributed by atoms with Gasteiger partial charge in [-0.2, -0.15) is 0 Å². The van der Waals surface area contributed by atoms with Crippen molar-refractivity contribution in [1.29, 1.82) is 0 Å². The summed E-state index contributed by atoms with van der Waals surface area (Å²) < 4.78 is 0.